The number of nitrogens with two attached hydrogens (primary N) is 1. The summed E-state index contributed by atoms with van der Waals surface area (Å²) in [5.41, 5.74) is 4.94. The van der Waals surface area contributed by atoms with Crippen molar-refractivity contribution in [1.82, 2.24) is 5.32 Å². The average Bonchev–Trinajstić information content (AvgIpc) is 2.40. The second-order valence-corrected chi connectivity index (χ2v) is 5.24. The number of rotatable bonds is 7. The highest BCUT2D eigenvalue weighted by atomic mass is 16.6. The highest BCUT2D eigenvalue weighted by Crippen LogP contribution is 2.28. The molecule has 3 N–H and O–H groups in total. The Morgan fingerprint density at radius 1 is 1.57 bits per heavy atom. The Bertz CT molecular complexity index is 547. The van der Waals surface area contributed by atoms with Gasteiger partial charge in [-0.15, -0.1) is 0 Å². The maximum Gasteiger partial charge on any atom is 0.276 e. The van der Waals surface area contributed by atoms with Crippen molar-refractivity contribution in [2.45, 2.75) is 38.8 Å². The topological polar surface area (TPSA) is 107 Å². The number of carbonyl (C=O) groups excluding carboxylic acids is 1. The number of likely N-dealkylation sites (N-methyl/N-ethyl adjacent to an activating group) is 1. The molecular weight excluding hydrogens is 274 g/mol. The van der Waals surface area contributed by atoms with Gasteiger partial charge in [0.05, 0.1) is 22.1 Å². The van der Waals surface area contributed by atoms with Crippen molar-refractivity contribution >= 4 is 11.6 Å². The molecule has 2 atom stereocenters. The highest BCUT2D eigenvalue weighted by Gasteiger charge is 2.32. The Morgan fingerprint density at radius 2 is 2.19 bits per heavy atom. The number of hydrogen-bond acceptors (Lipinski definition) is 5. The molecule has 0 heterocycles. The van der Waals surface area contributed by atoms with Crippen LogP contribution >= 0.6 is 0 Å². The molecule has 21 heavy (non-hydrogen) atoms. The summed E-state index contributed by atoms with van der Waals surface area (Å²) in [5.74, 6) is -0.0455. The lowest BCUT2D eigenvalue weighted by Crippen LogP contribution is -2.53. The van der Waals surface area contributed by atoms with Gasteiger partial charge in [0.1, 0.15) is 5.75 Å². The molecule has 7 heteroatoms. The number of amides is 1. The van der Waals surface area contributed by atoms with Crippen LogP contribution in [-0.2, 0) is 4.79 Å². The smallest absolute Gasteiger partial charge is 0.276 e. The molecule has 116 valence electrons. The number of benzene rings is 1. The van der Waals surface area contributed by atoms with Gasteiger partial charge >= 0.3 is 0 Å². The fourth-order valence-corrected chi connectivity index (χ4v) is 2.09. The second-order valence-electron chi connectivity index (χ2n) is 5.24. The Labute approximate surface area is 123 Å². The van der Waals surface area contributed by atoms with E-state index in [0.717, 1.165) is 0 Å². The van der Waals surface area contributed by atoms with Crippen LogP contribution in [0.15, 0.2) is 18.2 Å². The Hall–Kier alpha value is -2.15. The molecule has 2 unspecified atom stereocenters. The summed E-state index contributed by atoms with van der Waals surface area (Å²) in [6.45, 7) is 5.11. The van der Waals surface area contributed by atoms with Crippen LogP contribution in [0.1, 0.15) is 25.8 Å². The number of nitrogens with one attached hydrogen (secondary N) is 1. The van der Waals surface area contributed by atoms with E-state index < -0.39 is 16.4 Å². The second kappa shape index (κ2) is 6.53. The minimum Gasteiger partial charge on any atom is -0.490 e. The zero-order valence-corrected chi connectivity index (χ0v) is 12.7. The van der Waals surface area contributed by atoms with E-state index in [1.807, 2.05) is 0 Å². The van der Waals surface area contributed by atoms with E-state index in [0.29, 0.717) is 17.7 Å². The van der Waals surface area contributed by atoms with Gasteiger partial charge < -0.3 is 15.8 Å². The van der Waals surface area contributed by atoms with Crippen molar-refractivity contribution in [2.75, 3.05) is 7.05 Å². The molecule has 1 aromatic carbocycles. The number of nitrogens with zero attached hydrogens (tertiary/aromatic N) is 1. The van der Waals surface area contributed by atoms with Gasteiger partial charge in [0.25, 0.3) is 5.69 Å². The maximum atomic E-state index is 11.5. The van der Waals surface area contributed by atoms with Crippen LogP contribution in [0.5, 0.6) is 5.75 Å². The van der Waals surface area contributed by atoms with E-state index in [1.54, 1.807) is 40.0 Å². The van der Waals surface area contributed by atoms with Crippen LogP contribution in [-0.4, -0.2) is 29.5 Å². The van der Waals surface area contributed by atoms with Gasteiger partial charge in [-0.3, -0.25) is 14.9 Å². The molecule has 1 amide bonds. The predicted octanol–water partition coefficient (Wildman–Crippen LogP) is 1.52. The molecule has 0 bridgehead atoms. The number of hydrogen-bond donors (Lipinski definition) is 2. The summed E-state index contributed by atoms with van der Waals surface area (Å²) in [4.78, 5) is 21.9. The van der Waals surface area contributed by atoms with Crippen molar-refractivity contribution in [2.24, 2.45) is 5.73 Å². The van der Waals surface area contributed by atoms with E-state index >= 15 is 0 Å². The lowest BCUT2D eigenvalue weighted by atomic mass is 9.94. The lowest BCUT2D eigenvalue weighted by molar-refractivity contribution is -0.385. The molecule has 0 aromatic heterocycles. The van der Waals surface area contributed by atoms with Crippen molar-refractivity contribution in [3.63, 3.8) is 0 Å². The van der Waals surface area contributed by atoms with E-state index in [4.69, 9.17) is 10.5 Å². The normalized spacial score (nSPS) is 15.0. The summed E-state index contributed by atoms with van der Waals surface area (Å²) in [6.07, 6.45) is 0.0108. The van der Waals surface area contributed by atoms with E-state index in [9.17, 15) is 14.9 Å². The molecule has 0 saturated carbocycles. The van der Waals surface area contributed by atoms with Gasteiger partial charge in [-0.25, -0.2) is 0 Å². The fraction of sp³-hybridized carbons (Fsp3) is 0.500. The summed E-state index contributed by atoms with van der Waals surface area (Å²) in [5, 5.41) is 13.8. The molecule has 0 aliphatic rings. The molecule has 0 saturated heterocycles. The quantitative estimate of drug-likeness (QED) is 0.586. The first-order valence-electron chi connectivity index (χ1n) is 6.60. The molecule has 0 aliphatic carbocycles. The lowest BCUT2D eigenvalue weighted by Gasteiger charge is -2.29. The van der Waals surface area contributed by atoms with Gasteiger partial charge in [0.15, 0.2) is 0 Å². The van der Waals surface area contributed by atoms with Crippen LogP contribution in [0.3, 0.4) is 0 Å². The van der Waals surface area contributed by atoms with Crippen molar-refractivity contribution in [1.29, 1.82) is 0 Å². The van der Waals surface area contributed by atoms with Crippen LogP contribution < -0.4 is 15.8 Å². The summed E-state index contributed by atoms with van der Waals surface area (Å²) < 4.78 is 5.73. The molecule has 0 spiro atoms. The zero-order valence-electron chi connectivity index (χ0n) is 12.7. The zero-order chi connectivity index (χ0) is 16.2. The summed E-state index contributed by atoms with van der Waals surface area (Å²) in [7, 11) is 1.65. The molecule has 1 rings (SSSR count). The number of ether oxygens (including phenoxy) is 1. The minimum atomic E-state index is -0.895. The first-order valence-corrected chi connectivity index (χ1v) is 6.60. The first kappa shape index (κ1) is 16.9. The van der Waals surface area contributed by atoms with E-state index in [-0.39, 0.29) is 11.8 Å². The van der Waals surface area contributed by atoms with E-state index in [1.165, 1.54) is 6.07 Å². The predicted molar refractivity (Wildman–Crippen MR) is 79.2 cm³/mol. The molecule has 1 aromatic rings. The van der Waals surface area contributed by atoms with Crippen molar-refractivity contribution in [3.05, 3.63) is 33.9 Å². The van der Waals surface area contributed by atoms with Gasteiger partial charge in [-0.05, 0) is 33.9 Å². The molecular formula is C14H21N3O4. The van der Waals surface area contributed by atoms with Crippen LogP contribution in [0, 0.1) is 17.0 Å². The van der Waals surface area contributed by atoms with Gasteiger partial charge in [0, 0.05) is 12.5 Å². The minimum absolute atomic E-state index is 0.00554. The summed E-state index contributed by atoms with van der Waals surface area (Å²) >= 11 is 0. The molecule has 0 aliphatic heterocycles. The van der Waals surface area contributed by atoms with Gasteiger partial charge in [-0.2, -0.15) is 0 Å². The number of nitro benzene ring substituents is 1. The van der Waals surface area contributed by atoms with Crippen molar-refractivity contribution in [3.8, 4) is 5.75 Å². The Morgan fingerprint density at radius 3 is 2.67 bits per heavy atom. The van der Waals surface area contributed by atoms with Gasteiger partial charge in [0.2, 0.25) is 5.91 Å². The van der Waals surface area contributed by atoms with E-state index in [2.05, 4.69) is 5.32 Å². The number of carbonyl (C=O) groups is 1. The Balaban J connectivity index is 2.89. The monoisotopic (exact) mass is 295 g/mol. The van der Waals surface area contributed by atoms with Crippen LogP contribution in [0.4, 0.5) is 5.69 Å². The molecule has 0 fully saturated rings. The van der Waals surface area contributed by atoms with Crippen LogP contribution in [0.2, 0.25) is 0 Å². The molecule has 7 nitrogen and oxygen atoms in total. The van der Waals surface area contributed by atoms with Crippen LogP contribution in [0.25, 0.3) is 0 Å². The van der Waals surface area contributed by atoms with Gasteiger partial charge in [-0.1, -0.05) is 6.07 Å². The molecule has 0 radical (unpaired) electrons. The number of primary amides is 1. The highest BCUT2D eigenvalue weighted by molar-refractivity contribution is 5.84. The Kier molecular flexibility index (Phi) is 5.26. The third kappa shape index (κ3) is 3.91. The van der Waals surface area contributed by atoms with Crippen molar-refractivity contribution < 1.29 is 14.5 Å². The third-order valence-electron chi connectivity index (χ3n) is 3.57. The first-order chi connectivity index (χ1) is 9.71. The SMILES string of the molecule is CNC(C)(CC(C)Oc1cccc([N+](=O)[O-])c1C)C(N)=O. The largest absolute Gasteiger partial charge is 0.490 e. The maximum absolute atomic E-state index is 11.5. The number of nitro groups is 1. The fourth-order valence-electron chi connectivity index (χ4n) is 2.09. The summed E-state index contributed by atoms with van der Waals surface area (Å²) in [6, 6.07) is 4.66. The standard InChI is InChI=1S/C14H21N3O4/c1-9(8-14(3,16-4)13(15)18)21-12-7-5-6-11(10(12)2)17(19)20/h5-7,9,16H,8H2,1-4H3,(H2,15,18). The third-order valence-corrected chi connectivity index (χ3v) is 3.57. The average molecular weight is 295 g/mol.